The standard InChI is InChI=1S/C28H51NO3/c1-5-7-8-9-10-11-12-13-14-15-16-17-18-19-20-21-22-23-24-26(6-2)27(30)29-32-28(31)25(3)4/h13-14,26H,3,5-12,15-24H2,1-2,4H3,(H,29,30). The fourth-order valence-electron chi connectivity index (χ4n) is 3.78. The summed E-state index contributed by atoms with van der Waals surface area (Å²) in [7, 11) is 0. The predicted octanol–water partition coefficient (Wildman–Crippen LogP) is 8.37. The Morgan fingerprint density at radius 1 is 0.781 bits per heavy atom. The molecule has 0 saturated heterocycles. The van der Waals surface area contributed by atoms with Crippen molar-refractivity contribution in [2.24, 2.45) is 5.92 Å². The van der Waals surface area contributed by atoms with Gasteiger partial charge in [-0.15, -0.1) is 0 Å². The van der Waals surface area contributed by atoms with Crippen LogP contribution in [0.1, 0.15) is 136 Å². The molecule has 0 saturated carbocycles. The molecule has 1 unspecified atom stereocenters. The van der Waals surface area contributed by atoms with Crippen molar-refractivity contribution in [3.05, 3.63) is 24.3 Å². The Kier molecular flexibility index (Phi) is 21.5. The van der Waals surface area contributed by atoms with Gasteiger partial charge in [-0.3, -0.25) is 4.79 Å². The van der Waals surface area contributed by atoms with Crippen LogP contribution in [0.5, 0.6) is 0 Å². The average molecular weight is 450 g/mol. The van der Waals surface area contributed by atoms with E-state index in [1.807, 2.05) is 6.92 Å². The van der Waals surface area contributed by atoms with E-state index in [2.05, 4.69) is 31.1 Å². The molecule has 186 valence electrons. The minimum Gasteiger partial charge on any atom is -0.336 e. The van der Waals surface area contributed by atoms with Gasteiger partial charge in [-0.1, -0.05) is 110 Å². The second-order valence-corrected chi connectivity index (χ2v) is 9.17. The summed E-state index contributed by atoms with van der Waals surface area (Å²) in [4.78, 5) is 28.2. The van der Waals surface area contributed by atoms with Crippen molar-refractivity contribution in [2.75, 3.05) is 0 Å². The zero-order valence-electron chi connectivity index (χ0n) is 21.4. The summed E-state index contributed by atoms with van der Waals surface area (Å²) in [5.74, 6) is -0.887. The Bertz CT molecular complexity index is 513. The average Bonchev–Trinajstić information content (AvgIpc) is 2.78. The van der Waals surface area contributed by atoms with Gasteiger partial charge in [0.15, 0.2) is 0 Å². The highest BCUT2D eigenvalue weighted by Crippen LogP contribution is 2.16. The number of carbonyl (C=O) groups excluding carboxylic acids is 2. The van der Waals surface area contributed by atoms with E-state index in [0.717, 1.165) is 25.7 Å². The Labute approximate surface area is 198 Å². The van der Waals surface area contributed by atoms with Crippen LogP contribution in [0.2, 0.25) is 0 Å². The van der Waals surface area contributed by atoms with Gasteiger partial charge >= 0.3 is 5.97 Å². The maximum absolute atomic E-state index is 12.1. The number of nitrogens with one attached hydrogen (secondary N) is 1. The summed E-state index contributed by atoms with van der Waals surface area (Å²) < 4.78 is 0. The second-order valence-electron chi connectivity index (χ2n) is 9.17. The van der Waals surface area contributed by atoms with Gasteiger partial charge in [0.1, 0.15) is 0 Å². The topological polar surface area (TPSA) is 55.4 Å². The minimum absolute atomic E-state index is 0.0953. The van der Waals surface area contributed by atoms with Crippen LogP contribution in [0.3, 0.4) is 0 Å². The molecule has 0 heterocycles. The van der Waals surface area contributed by atoms with Gasteiger partial charge in [0.05, 0.1) is 0 Å². The molecule has 0 aromatic heterocycles. The van der Waals surface area contributed by atoms with Crippen LogP contribution in [0.25, 0.3) is 0 Å². The molecule has 0 aliphatic carbocycles. The van der Waals surface area contributed by atoms with Gasteiger partial charge in [-0.2, -0.15) is 5.48 Å². The zero-order valence-corrected chi connectivity index (χ0v) is 21.4. The summed E-state index contributed by atoms with van der Waals surface area (Å²) in [5.41, 5.74) is 2.55. The first-order valence-electron chi connectivity index (χ1n) is 13.3. The number of carbonyl (C=O) groups is 2. The van der Waals surface area contributed by atoms with Crippen molar-refractivity contribution < 1.29 is 14.4 Å². The molecule has 0 aliphatic heterocycles. The van der Waals surface area contributed by atoms with Gasteiger partial charge in [-0.05, 0) is 45.4 Å². The highest BCUT2D eigenvalue weighted by atomic mass is 16.7. The molecule has 4 heteroatoms. The Morgan fingerprint density at radius 2 is 1.25 bits per heavy atom. The second kappa shape index (κ2) is 22.6. The van der Waals surface area contributed by atoms with E-state index < -0.39 is 5.97 Å². The molecule has 32 heavy (non-hydrogen) atoms. The van der Waals surface area contributed by atoms with E-state index in [-0.39, 0.29) is 17.4 Å². The van der Waals surface area contributed by atoms with E-state index in [1.54, 1.807) is 6.92 Å². The molecule has 0 radical (unpaired) electrons. The van der Waals surface area contributed by atoms with Crippen molar-refractivity contribution in [3.63, 3.8) is 0 Å². The molecule has 1 atom stereocenters. The number of hydrogen-bond acceptors (Lipinski definition) is 3. The maximum atomic E-state index is 12.1. The fourth-order valence-corrected chi connectivity index (χ4v) is 3.78. The van der Waals surface area contributed by atoms with Gasteiger partial charge in [0, 0.05) is 11.5 Å². The van der Waals surface area contributed by atoms with Crippen molar-refractivity contribution in [1.82, 2.24) is 5.48 Å². The van der Waals surface area contributed by atoms with Crippen LogP contribution in [0, 0.1) is 5.92 Å². The molecule has 0 aliphatic rings. The largest absolute Gasteiger partial charge is 0.358 e. The summed E-state index contributed by atoms with van der Waals surface area (Å²) >= 11 is 0. The number of rotatable bonds is 21. The van der Waals surface area contributed by atoms with E-state index in [1.165, 1.54) is 89.9 Å². The number of hydrogen-bond donors (Lipinski definition) is 1. The molecule has 0 rings (SSSR count). The number of hydroxylamine groups is 1. The van der Waals surface area contributed by atoms with Crippen LogP contribution in [0.15, 0.2) is 24.3 Å². The Morgan fingerprint density at radius 3 is 1.72 bits per heavy atom. The van der Waals surface area contributed by atoms with Crippen molar-refractivity contribution in [3.8, 4) is 0 Å². The van der Waals surface area contributed by atoms with Crippen LogP contribution >= 0.6 is 0 Å². The first-order valence-corrected chi connectivity index (χ1v) is 13.3. The summed E-state index contributed by atoms with van der Waals surface area (Å²) in [5, 5.41) is 0. The van der Waals surface area contributed by atoms with E-state index in [9.17, 15) is 9.59 Å². The normalized spacial score (nSPS) is 12.1. The summed E-state index contributed by atoms with van der Waals surface area (Å²) in [6.07, 6.45) is 27.2. The van der Waals surface area contributed by atoms with Gasteiger partial charge in [0.25, 0.3) is 5.91 Å². The van der Waals surface area contributed by atoms with Crippen molar-refractivity contribution >= 4 is 11.9 Å². The first-order chi connectivity index (χ1) is 15.5. The highest BCUT2D eigenvalue weighted by molar-refractivity contribution is 5.88. The predicted molar refractivity (Wildman–Crippen MR) is 136 cm³/mol. The van der Waals surface area contributed by atoms with Crippen molar-refractivity contribution in [1.29, 1.82) is 0 Å². The van der Waals surface area contributed by atoms with Crippen LogP contribution in [0.4, 0.5) is 0 Å². The smallest absolute Gasteiger partial charge is 0.336 e. The highest BCUT2D eigenvalue weighted by Gasteiger charge is 2.17. The number of allylic oxidation sites excluding steroid dienone is 2. The molecule has 0 aromatic carbocycles. The lowest BCUT2D eigenvalue weighted by atomic mass is 9.97. The van der Waals surface area contributed by atoms with E-state index in [0.29, 0.717) is 0 Å². The third kappa shape index (κ3) is 19.1. The minimum atomic E-state index is -0.586. The lowest BCUT2D eigenvalue weighted by molar-refractivity contribution is -0.156. The molecule has 0 spiro atoms. The summed E-state index contributed by atoms with van der Waals surface area (Å²) in [6, 6.07) is 0. The van der Waals surface area contributed by atoms with Gasteiger partial charge in [-0.25, -0.2) is 4.79 Å². The Hall–Kier alpha value is -1.58. The molecule has 0 bridgehead atoms. The summed E-state index contributed by atoms with van der Waals surface area (Å²) in [6.45, 7) is 9.32. The molecule has 0 fully saturated rings. The molecule has 4 nitrogen and oxygen atoms in total. The number of amides is 1. The maximum Gasteiger partial charge on any atom is 0.358 e. The quantitative estimate of drug-likeness (QED) is 0.0828. The molecule has 1 N–H and O–H groups in total. The Balaban J connectivity index is 3.48. The third-order valence-corrected chi connectivity index (χ3v) is 6.02. The van der Waals surface area contributed by atoms with Crippen molar-refractivity contribution in [2.45, 2.75) is 136 Å². The van der Waals surface area contributed by atoms with Crippen LogP contribution < -0.4 is 5.48 Å². The molecular formula is C28H51NO3. The molecule has 0 aromatic rings. The van der Waals surface area contributed by atoms with Gasteiger partial charge in [0.2, 0.25) is 0 Å². The molecular weight excluding hydrogens is 398 g/mol. The SMILES string of the molecule is C=C(C)C(=O)ONC(=O)C(CC)CCCCCCCCCCC=CCCCCCCCC. The lowest BCUT2D eigenvalue weighted by Gasteiger charge is -2.14. The van der Waals surface area contributed by atoms with E-state index in [4.69, 9.17) is 4.84 Å². The lowest BCUT2D eigenvalue weighted by Crippen LogP contribution is -2.32. The van der Waals surface area contributed by atoms with Crippen LogP contribution in [-0.2, 0) is 14.4 Å². The van der Waals surface area contributed by atoms with E-state index >= 15 is 0 Å². The zero-order chi connectivity index (χ0) is 23.9. The third-order valence-electron chi connectivity index (χ3n) is 6.02. The number of unbranched alkanes of at least 4 members (excludes halogenated alkanes) is 14. The van der Waals surface area contributed by atoms with Gasteiger partial charge < -0.3 is 4.84 Å². The first kappa shape index (κ1) is 30.4. The fraction of sp³-hybridized carbons (Fsp3) is 0.786. The van der Waals surface area contributed by atoms with Crippen LogP contribution in [-0.4, -0.2) is 11.9 Å². The molecule has 1 amide bonds. The monoisotopic (exact) mass is 449 g/mol.